The monoisotopic (exact) mass is 447 g/mol. The van der Waals surface area contributed by atoms with Gasteiger partial charge < -0.3 is 34.1 Å². The lowest BCUT2D eigenvalue weighted by Crippen LogP contribution is -2.35. The van der Waals surface area contributed by atoms with E-state index in [1.54, 1.807) is 12.1 Å². The van der Waals surface area contributed by atoms with Crippen LogP contribution in [0.2, 0.25) is 0 Å². The Hall–Kier alpha value is -2.97. The van der Waals surface area contributed by atoms with Gasteiger partial charge in [0.25, 0.3) is 0 Å². The molecule has 0 aliphatic rings. The van der Waals surface area contributed by atoms with E-state index in [-0.39, 0.29) is 18.2 Å². The number of methoxy groups -OCH3 is 3. The summed E-state index contributed by atoms with van der Waals surface area (Å²) in [7, 11) is 4.46. The van der Waals surface area contributed by atoms with E-state index in [0.29, 0.717) is 35.3 Å². The number of benzene rings is 2. The lowest BCUT2D eigenvalue weighted by Gasteiger charge is -2.18. The highest BCUT2D eigenvalue weighted by molar-refractivity contribution is 5.93. The van der Waals surface area contributed by atoms with Crippen LogP contribution in [0.15, 0.2) is 24.3 Å². The molecule has 0 fully saturated rings. The van der Waals surface area contributed by atoms with Crippen molar-refractivity contribution in [3.05, 3.63) is 41.0 Å². The van der Waals surface area contributed by atoms with E-state index in [4.69, 9.17) is 23.7 Å². The Kier molecular flexibility index (Phi) is 9.16. The van der Waals surface area contributed by atoms with Crippen molar-refractivity contribution in [1.29, 1.82) is 0 Å². The minimum atomic E-state index is -0.630. The molecule has 0 spiro atoms. The Morgan fingerprint density at radius 2 is 1.50 bits per heavy atom. The summed E-state index contributed by atoms with van der Waals surface area (Å²) in [4.78, 5) is 12.8. The number of carbonyl (C=O) groups is 1. The van der Waals surface area contributed by atoms with Gasteiger partial charge in [0.1, 0.15) is 24.2 Å². The fourth-order valence-electron chi connectivity index (χ4n) is 3.01. The second-order valence-corrected chi connectivity index (χ2v) is 7.64. The van der Waals surface area contributed by atoms with Crippen molar-refractivity contribution in [2.45, 2.75) is 39.8 Å². The van der Waals surface area contributed by atoms with Crippen LogP contribution < -0.4 is 29.0 Å². The summed E-state index contributed by atoms with van der Waals surface area (Å²) in [5, 5.41) is 13.2. The van der Waals surface area contributed by atoms with Gasteiger partial charge in [-0.25, -0.2) is 4.79 Å². The molecule has 0 amide bonds. The van der Waals surface area contributed by atoms with Crippen LogP contribution in [0.4, 0.5) is 0 Å². The Labute approximate surface area is 189 Å². The Morgan fingerprint density at radius 1 is 0.938 bits per heavy atom. The second-order valence-electron chi connectivity index (χ2n) is 7.64. The van der Waals surface area contributed by atoms with Crippen LogP contribution in [0.1, 0.15) is 35.3 Å². The van der Waals surface area contributed by atoms with Crippen LogP contribution in [0.3, 0.4) is 0 Å². The molecule has 0 unspecified atom stereocenters. The van der Waals surface area contributed by atoms with E-state index < -0.39 is 12.1 Å². The Bertz CT molecular complexity index is 902. The van der Waals surface area contributed by atoms with Gasteiger partial charge in [0.2, 0.25) is 5.75 Å². The normalized spacial score (nSPS) is 11.8. The molecule has 0 saturated heterocycles. The number of nitrogens with one attached hydrogen (secondary N) is 1. The standard InChI is InChI=1S/C24H33NO7/c1-14(2)25-12-18(26)13-31-19-8-9-20(16(4)15(19)3)32-24(27)17-10-21(28-5)23(30-7)22(11-17)29-6/h8-11,14,18,25-26H,12-13H2,1-7H3/t18-/m0/s1. The summed E-state index contributed by atoms with van der Waals surface area (Å²) < 4.78 is 27.3. The van der Waals surface area contributed by atoms with E-state index in [0.717, 1.165) is 11.1 Å². The fourth-order valence-corrected chi connectivity index (χ4v) is 3.01. The van der Waals surface area contributed by atoms with E-state index in [1.165, 1.54) is 33.5 Å². The molecule has 0 bridgehead atoms. The van der Waals surface area contributed by atoms with Gasteiger partial charge in [-0.1, -0.05) is 13.8 Å². The minimum Gasteiger partial charge on any atom is -0.493 e. The maximum Gasteiger partial charge on any atom is 0.343 e. The number of aliphatic hydroxyl groups excluding tert-OH is 1. The van der Waals surface area contributed by atoms with Crippen LogP contribution in [0.5, 0.6) is 28.7 Å². The van der Waals surface area contributed by atoms with E-state index >= 15 is 0 Å². The van der Waals surface area contributed by atoms with Crippen LogP contribution in [-0.2, 0) is 0 Å². The van der Waals surface area contributed by atoms with Crippen molar-refractivity contribution in [3.8, 4) is 28.7 Å². The topological polar surface area (TPSA) is 95.5 Å². The van der Waals surface area contributed by atoms with Crippen molar-refractivity contribution in [3.63, 3.8) is 0 Å². The Morgan fingerprint density at radius 3 is 2.03 bits per heavy atom. The molecule has 2 aromatic carbocycles. The van der Waals surface area contributed by atoms with Gasteiger partial charge in [0.05, 0.1) is 26.9 Å². The van der Waals surface area contributed by atoms with E-state index in [9.17, 15) is 9.90 Å². The summed E-state index contributed by atoms with van der Waals surface area (Å²) >= 11 is 0. The fraction of sp³-hybridized carbons (Fsp3) is 0.458. The first kappa shape index (κ1) is 25.3. The zero-order valence-corrected chi connectivity index (χ0v) is 19.8. The molecule has 2 rings (SSSR count). The average molecular weight is 448 g/mol. The average Bonchev–Trinajstić information content (AvgIpc) is 2.78. The molecule has 0 saturated carbocycles. The number of carbonyl (C=O) groups excluding carboxylic acids is 1. The molecular weight excluding hydrogens is 414 g/mol. The van der Waals surface area contributed by atoms with E-state index in [1.807, 2.05) is 27.7 Å². The SMILES string of the molecule is COc1cc(C(=O)Oc2ccc(OC[C@@H](O)CNC(C)C)c(C)c2C)cc(OC)c1OC. The van der Waals surface area contributed by atoms with Crippen molar-refractivity contribution >= 4 is 5.97 Å². The Balaban J connectivity index is 2.15. The maximum atomic E-state index is 12.8. The lowest BCUT2D eigenvalue weighted by molar-refractivity contribution is 0.0732. The van der Waals surface area contributed by atoms with Crippen LogP contribution in [0, 0.1) is 13.8 Å². The third-order valence-electron chi connectivity index (χ3n) is 4.98. The van der Waals surface area contributed by atoms with Gasteiger partial charge in [-0.2, -0.15) is 0 Å². The molecule has 0 radical (unpaired) electrons. The number of hydrogen-bond donors (Lipinski definition) is 2. The van der Waals surface area contributed by atoms with Crippen molar-refractivity contribution in [1.82, 2.24) is 5.32 Å². The number of aliphatic hydroxyl groups is 1. The van der Waals surface area contributed by atoms with Gasteiger partial charge in [-0.05, 0) is 49.2 Å². The first-order chi connectivity index (χ1) is 15.2. The van der Waals surface area contributed by atoms with Gasteiger partial charge in [0.15, 0.2) is 11.5 Å². The van der Waals surface area contributed by atoms with E-state index in [2.05, 4.69) is 5.32 Å². The highest BCUT2D eigenvalue weighted by Crippen LogP contribution is 2.38. The lowest BCUT2D eigenvalue weighted by atomic mass is 10.1. The molecule has 8 nitrogen and oxygen atoms in total. The van der Waals surface area contributed by atoms with Crippen LogP contribution >= 0.6 is 0 Å². The molecule has 8 heteroatoms. The highest BCUT2D eigenvalue weighted by Gasteiger charge is 2.20. The predicted molar refractivity (Wildman–Crippen MR) is 122 cm³/mol. The van der Waals surface area contributed by atoms with Crippen molar-refractivity contribution in [2.24, 2.45) is 0 Å². The molecule has 0 aliphatic carbocycles. The van der Waals surface area contributed by atoms with Crippen molar-refractivity contribution in [2.75, 3.05) is 34.5 Å². The van der Waals surface area contributed by atoms with Crippen molar-refractivity contribution < 1.29 is 33.6 Å². The molecule has 2 aromatic rings. The second kappa shape index (κ2) is 11.6. The third-order valence-corrected chi connectivity index (χ3v) is 4.98. The van der Waals surface area contributed by atoms with Gasteiger partial charge in [0, 0.05) is 12.6 Å². The summed E-state index contributed by atoms with van der Waals surface area (Å²) in [6.07, 6.45) is -0.630. The zero-order valence-electron chi connectivity index (χ0n) is 19.8. The number of rotatable bonds is 11. The first-order valence-corrected chi connectivity index (χ1v) is 10.4. The first-order valence-electron chi connectivity index (χ1n) is 10.4. The number of hydrogen-bond acceptors (Lipinski definition) is 8. The number of ether oxygens (including phenoxy) is 5. The minimum absolute atomic E-state index is 0.157. The van der Waals surface area contributed by atoms with Gasteiger partial charge >= 0.3 is 5.97 Å². The quantitative estimate of drug-likeness (QED) is 0.400. The van der Waals surface area contributed by atoms with Crippen LogP contribution in [-0.4, -0.2) is 57.7 Å². The summed E-state index contributed by atoms with van der Waals surface area (Å²) in [5.74, 6) is 1.60. The molecular formula is C24H33NO7. The summed E-state index contributed by atoms with van der Waals surface area (Å²) in [6.45, 7) is 8.35. The molecule has 176 valence electrons. The van der Waals surface area contributed by atoms with Crippen LogP contribution in [0.25, 0.3) is 0 Å². The largest absolute Gasteiger partial charge is 0.493 e. The molecule has 0 aliphatic heterocycles. The molecule has 2 N–H and O–H groups in total. The molecule has 1 atom stereocenters. The summed E-state index contributed by atoms with van der Waals surface area (Å²) in [6, 6.07) is 6.76. The maximum absolute atomic E-state index is 12.8. The third kappa shape index (κ3) is 6.27. The number of esters is 1. The smallest absolute Gasteiger partial charge is 0.343 e. The molecule has 0 heterocycles. The zero-order chi connectivity index (χ0) is 23.8. The molecule has 32 heavy (non-hydrogen) atoms. The summed E-state index contributed by atoms with van der Waals surface area (Å²) in [5.41, 5.74) is 1.85. The molecule has 0 aromatic heterocycles. The van der Waals surface area contributed by atoms with Gasteiger partial charge in [-0.3, -0.25) is 0 Å². The highest BCUT2D eigenvalue weighted by atomic mass is 16.5. The predicted octanol–water partition coefficient (Wildman–Crippen LogP) is 3.29. The van der Waals surface area contributed by atoms with Gasteiger partial charge in [-0.15, -0.1) is 0 Å².